The topological polar surface area (TPSA) is 59.8 Å². The number of hydrogen-bond acceptors (Lipinski definition) is 3. The van der Waals surface area contributed by atoms with Crippen LogP contribution in [0.2, 0.25) is 0 Å². The number of aromatic nitrogens is 3. The zero-order valence-corrected chi connectivity index (χ0v) is 15.2. The van der Waals surface area contributed by atoms with Crippen molar-refractivity contribution < 1.29 is 9.18 Å². The third-order valence-corrected chi connectivity index (χ3v) is 4.60. The summed E-state index contributed by atoms with van der Waals surface area (Å²) in [5, 5.41) is 2.90. The standard InChI is InChI=1S/C22H19FN4O/c23-18-6-2-1-5-17(18)15-27-20-8-4-3-7-19(20)26-21(27)11-14-25-22(28)16-9-12-24-13-10-16/h1-10,12-13H,11,14-15H2,(H,25,28). The van der Waals surface area contributed by atoms with E-state index in [9.17, 15) is 9.18 Å². The smallest absolute Gasteiger partial charge is 0.251 e. The van der Waals surface area contributed by atoms with Crippen molar-refractivity contribution in [2.45, 2.75) is 13.0 Å². The highest BCUT2D eigenvalue weighted by Crippen LogP contribution is 2.19. The van der Waals surface area contributed by atoms with Crippen LogP contribution in [-0.2, 0) is 13.0 Å². The zero-order chi connectivity index (χ0) is 19.3. The Morgan fingerprint density at radius 2 is 1.75 bits per heavy atom. The number of imidazole rings is 1. The Morgan fingerprint density at radius 1 is 1.00 bits per heavy atom. The van der Waals surface area contributed by atoms with E-state index in [0.717, 1.165) is 16.9 Å². The molecule has 4 rings (SSSR count). The molecule has 5 nitrogen and oxygen atoms in total. The number of nitrogens with zero attached hydrogens (tertiary/aromatic N) is 3. The molecule has 0 fully saturated rings. The molecule has 0 spiro atoms. The highest BCUT2D eigenvalue weighted by Gasteiger charge is 2.13. The fourth-order valence-corrected chi connectivity index (χ4v) is 3.18. The highest BCUT2D eigenvalue weighted by molar-refractivity contribution is 5.93. The molecule has 0 aliphatic heterocycles. The molecule has 2 aromatic heterocycles. The van der Waals surface area contributed by atoms with Gasteiger partial charge in [-0.3, -0.25) is 9.78 Å². The zero-order valence-electron chi connectivity index (χ0n) is 15.2. The minimum atomic E-state index is -0.239. The minimum Gasteiger partial charge on any atom is -0.352 e. The molecule has 0 radical (unpaired) electrons. The van der Waals surface area contributed by atoms with Crippen LogP contribution in [0.1, 0.15) is 21.7 Å². The molecule has 0 atom stereocenters. The number of pyridine rings is 1. The van der Waals surface area contributed by atoms with E-state index in [1.54, 1.807) is 36.7 Å². The van der Waals surface area contributed by atoms with Gasteiger partial charge in [0.15, 0.2) is 0 Å². The first-order valence-corrected chi connectivity index (χ1v) is 9.08. The van der Waals surface area contributed by atoms with Crippen LogP contribution >= 0.6 is 0 Å². The minimum absolute atomic E-state index is 0.154. The number of fused-ring (bicyclic) bond motifs is 1. The number of rotatable bonds is 6. The Morgan fingerprint density at radius 3 is 2.57 bits per heavy atom. The van der Waals surface area contributed by atoms with E-state index in [-0.39, 0.29) is 11.7 Å². The van der Waals surface area contributed by atoms with Gasteiger partial charge in [0.1, 0.15) is 11.6 Å². The average molecular weight is 374 g/mol. The SMILES string of the molecule is O=C(NCCc1nc2ccccc2n1Cc1ccccc1F)c1ccncc1. The molecule has 6 heteroatoms. The van der Waals surface area contributed by atoms with E-state index in [0.29, 0.717) is 30.6 Å². The maximum absolute atomic E-state index is 14.2. The van der Waals surface area contributed by atoms with Crippen molar-refractivity contribution in [1.29, 1.82) is 0 Å². The summed E-state index contributed by atoms with van der Waals surface area (Å²) >= 11 is 0. The van der Waals surface area contributed by atoms with E-state index < -0.39 is 0 Å². The molecular formula is C22H19FN4O. The molecule has 2 aromatic carbocycles. The lowest BCUT2D eigenvalue weighted by atomic mass is 10.2. The summed E-state index contributed by atoms with van der Waals surface area (Å²) in [6.45, 7) is 0.822. The lowest BCUT2D eigenvalue weighted by Crippen LogP contribution is -2.26. The fraction of sp³-hybridized carbons (Fsp3) is 0.136. The number of carbonyl (C=O) groups is 1. The molecule has 0 saturated carbocycles. The molecule has 1 amide bonds. The lowest BCUT2D eigenvalue weighted by Gasteiger charge is -2.11. The van der Waals surface area contributed by atoms with Crippen LogP contribution in [-0.4, -0.2) is 27.0 Å². The van der Waals surface area contributed by atoms with E-state index in [4.69, 9.17) is 0 Å². The second kappa shape index (κ2) is 8.00. The summed E-state index contributed by atoms with van der Waals surface area (Å²) in [5.74, 6) is 0.413. The number of carbonyl (C=O) groups excluding carboxylic acids is 1. The molecule has 2 heterocycles. The molecule has 4 aromatic rings. The Kier molecular flexibility index (Phi) is 5.10. The van der Waals surface area contributed by atoms with Crippen LogP contribution in [0.15, 0.2) is 73.1 Å². The van der Waals surface area contributed by atoms with Crippen LogP contribution in [0.5, 0.6) is 0 Å². The maximum atomic E-state index is 14.2. The summed E-state index contributed by atoms with van der Waals surface area (Å²) in [5.41, 5.74) is 2.97. The van der Waals surface area contributed by atoms with Crippen LogP contribution in [0.4, 0.5) is 4.39 Å². The predicted molar refractivity (Wildman–Crippen MR) is 106 cm³/mol. The summed E-state index contributed by atoms with van der Waals surface area (Å²) in [4.78, 5) is 20.8. The first kappa shape index (κ1) is 17.9. The Hall–Kier alpha value is -3.54. The van der Waals surface area contributed by atoms with Crippen LogP contribution in [0, 0.1) is 5.82 Å². The molecule has 28 heavy (non-hydrogen) atoms. The fourth-order valence-electron chi connectivity index (χ4n) is 3.18. The van der Waals surface area contributed by atoms with Crippen LogP contribution < -0.4 is 5.32 Å². The van der Waals surface area contributed by atoms with Gasteiger partial charge in [0.2, 0.25) is 0 Å². The van der Waals surface area contributed by atoms with Crippen molar-refractivity contribution in [3.63, 3.8) is 0 Å². The first-order valence-electron chi connectivity index (χ1n) is 9.08. The molecule has 0 bridgehead atoms. The normalized spacial score (nSPS) is 10.9. The van der Waals surface area contributed by atoms with Gasteiger partial charge in [-0.05, 0) is 30.3 Å². The van der Waals surface area contributed by atoms with Crippen molar-refractivity contribution in [3.05, 3.63) is 95.8 Å². The van der Waals surface area contributed by atoms with Gasteiger partial charge in [0.25, 0.3) is 5.91 Å². The quantitative estimate of drug-likeness (QED) is 0.561. The van der Waals surface area contributed by atoms with E-state index in [1.807, 2.05) is 34.9 Å². The van der Waals surface area contributed by atoms with Crippen molar-refractivity contribution in [2.24, 2.45) is 0 Å². The van der Waals surface area contributed by atoms with Crippen molar-refractivity contribution >= 4 is 16.9 Å². The van der Waals surface area contributed by atoms with Crippen molar-refractivity contribution in [3.8, 4) is 0 Å². The summed E-state index contributed by atoms with van der Waals surface area (Å²) < 4.78 is 16.2. The number of amides is 1. The number of para-hydroxylation sites is 2. The van der Waals surface area contributed by atoms with Gasteiger partial charge in [-0.2, -0.15) is 0 Å². The van der Waals surface area contributed by atoms with Crippen LogP contribution in [0.3, 0.4) is 0 Å². The summed E-state index contributed by atoms with van der Waals surface area (Å²) in [6.07, 6.45) is 3.71. The Balaban J connectivity index is 1.55. The van der Waals surface area contributed by atoms with Gasteiger partial charge in [-0.15, -0.1) is 0 Å². The number of halogens is 1. The predicted octanol–water partition coefficient (Wildman–Crippen LogP) is 3.59. The molecule has 1 N–H and O–H groups in total. The average Bonchev–Trinajstić information content (AvgIpc) is 3.08. The number of nitrogens with one attached hydrogen (secondary N) is 1. The number of benzene rings is 2. The lowest BCUT2D eigenvalue weighted by molar-refractivity contribution is 0.0954. The van der Waals surface area contributed by atoms with Crippen LogP contribution in [0.25, 0.3) is 11.0 Å². The second-order valence-corrected chi connectivity index (χ2v) is 6.44. The molecule has 0 aliphatic carbocycles. The van der Waals surface area contributed by atoms with Crippen molar-refractivity contribution in [1.82, 2.24) is 19.9 Å². The monoisotopic (exact) mass is 374 g/mol. The van der Waals surface area contributed by atoms with Crippen molar-refractivity contribution in [2.75, 3.05) is 6.54 Å². The summed E-state index contributed by atoms with van der Waals surface area (Å²) in [7, 11) is 0. The molecule has 140 valence electrons. The van der Waals surface area contributed by atoms with E-state index >= 15 is 0 Å². The molecule has 0 aliphatic rings. The second-order valence-electron chi connectivity index (χ2n) is 6.44. The number of hydrogen-bond donors (Lipinski definition) is 1. The van der Waals surface area contributed by atoms with E-state index in [2.05, 4.69) is 15.3 Å². The first-order chi connectivity index (χ1) is 13.7. The third kappa shape index (κ3) is 3.76. The third-order valence-electron chi connectivity index (χ3n) is 4.60. The van der Waals surface area contributed by atoms with Gasteiger partial charge in [0.05, 0.1) is 17.6 Å². The largest absolute Gasteiger partial charge is 0.352 e. The highest BCUT2D eigenvalue weighted by atomic mass is 19.1. The Labute approximate surface area is 161 Å². The van der Waals surface area contributed by atoms with Gasteiger partial charge in [-0.25, -0.2) is 9.37 Å². The molecule has 0 unspecified atom stereocenters. The summed E-state index contributed by atoms with van der Waals surface area (Å²) in [6, 6.07) is 17.9. The Bertz CT molecular complexity index is 1110. The van der Waals surface area contributed by atoms with E-state index in [1.165, 1.54) is 6.07 Å². The van der Waals surface area contributed by atoms with Gasteiger partial charge < -0.3 is 9.88 Å². The van der Waals surface area contributed by atoms with Gasteiger partial charge in [-0.1, -0.05) is 30.3 Å². The molecular weight excluding hydrogens is 355 g/mol. The maximum Gasteiger partial charge on any atom is 0.251 e. The molecule has 0 saturated heterocycles. The van der Waals surface area contributed by atoms with Gasteiger partial charge in [0, 0.05) is 36.5 Å². The van der Waals surface area contributed by atoms with Gasteiger partial charge >= 0.3 is 0 Å².